The first-order chi connectivity index (χ1) is 6.65. The lowest BCUT2D eigenvalue weighted by molar-refractivity contribution is 1.45. The molecular formula is C9H10N4S. The Bertz CT molecular complexity index is 496. The molecule has 0 spiro atoms. The smallest absolute Gasteiger partial charge is 0.181 e. The van der Waals surface area contributed by atoms with Crippen LogP contribution in [-0.2, 0) is 0 Å². The monoisotopic (exact) mass is 206 g/mol. The first-order valence-electron chi connectivity index (χ1n) is 4.12. The van der Waals surface area contributed by atoms with Gasteiger partial charge in [0.2, 0.25) is 0 Å². The molecule has 0 fully saturated rings. The number of nitrogen functional groups attached to an aromatic ring is 1. The van der Waals surface area contributed by atoms with Gasteiger partial charge in [0.25, 0.3) is 0 Å². The van der Waals surface area contributed by atoms with E-state index in [-0.39, 0.29) is 0 Å². The summed E-state index contributed by atoms with van der Waals surface area (Å²) in [7, 11) is 0. The van der Waals surface area contributed by atoms with Crippen LogP contribution in [0.1, 0.15) is 6.92 Å². The van der Waals surface area contributed by atoms with Crippen LogP contribution in [0.25, 0.3) is 10.2 Å². The van der Waals surface area contributed by atoms with Crippen LogP contribution in [0, 0.1) is 0 Å². The van der Waals surface area contributed by atoms with E-state index >= 15 is 0 Å². The van der Waals surface area contributed by atoms with E-state index in [0.29, 0.717) is 11.0 Å². The third-order valence-electron chi connectivity index (χ3n) is 1.69. The van der Waals surface area contributed by atoms with Gasteiger partial charge in [-0.1, -0.05) is 11.3 Å². The summed E-state index contributed by atoms with van der Waals surface area (Å²) in [4.78, 5) is 8.30. The molecule has 0 unspecified atom stereocenters. The summed E-state index contributed by atoms with van der Waals surface area (Å²) in [5.41, 5.74) is 12.8. The molecule has 1 aromatic heterocycles. The van der Waals surface area contributed by atoms with E-state index < -0.39 is 0 Å². The number of aliphatic imine (C=N–C) groups is 1. The highest BCUT2D eigenvalue weighted by Crippen LogP contribution is 2.27. The largest absolute Gasteiger partial charge is 0.387 e. The Morgan fingerprint density at radius 1 is 1.50 bits per heavy atom. The van der Waals surface area contributed by atoms with E-state index in [0.717, 1.165) is 15.9 Å². The molecule has 72 valence electrons. The Morgan fingerprint density at radius 2 is 2.29 bits per heavy atom. The average Bonchev–Trinajstić information content (AvgIpc) is 2.42. The first-order valence-corrected chi connectivity index (χ1v) is 4.93. The Kier molecular flexibility index (Phi) is 2.09. The third-order valence-corrected chi connectivity index (χ3v) is 2.54. The summed E-state index contributed by atoms with van der Waals surface area (Å²) in [6.45, 7) is 1.76. The van der Waals surface area contributed by atoms with Crippen LogP contribution in [0.4, 0.5) is 10.8 Å². The van der Waals surface area contributed by atoms with Gasteiger partial charge in [-0.3, -0.25) is 0 Å². The molecule has 0 aliphatic rings. The van der Waals surface area contributed by atoms with Crippen LogP contribution >= 0.6 is 11.3 Å². The number of anilines is 1. The van der Waals surface area contributed by atoms with Crippen LogP contribution in [-0.4, -0.2) is 10.8 Å². The van der Waals surface area contributed by atoms with Gasteiger partial charge in [-0.25, -0.2) is 9.98 Å². The van der Waals surface area contributed by atoms with Gasteiger partial charge in [-0.15, -0.1) is 0 Å². The number of nitrogens with zero attached hydrogens (tertiary/aromatic N) is 2. The maximum atomic E-state index is 5.59. The van der Waals surface area contributed by atoms with Gasteiger partial charge in [-0.05, 0) is 25.1 Å². The van der Waals surface area contributed by atoms with Gasteiger partial charge in [0.15, 0.2) is 5.13 Å². The fraction of sp³-hybridized carbons (Fsp3) is 0.111. The molecule has 1 heterocycles. The molecule has 2 rings (SSSR count). The molecule has 0 aliphatic carbocycles. The zero-order valence-electron chi connectivity index (χ0n) is 7.69. The number of rotatable bonds is 1. The van der Waals surface area contributed by atoms with E-state index in [1.54, 1.807) is 6.92 Å². The number of fused-ring (bicyclic) bond motifs is 1. The zero-order chi connectivity index (χ0) is 10.1. The van der Waals surface area contributed by atoms with E-state index in [4.69, 9.17) is 11.5 Å². The van der Waals surface area contributed by atoms with Gasteiger partial charge < -0.3 is 11.5 Å². The summed E-state index contributed by atoms with van der Waals surface area (Å²) in [5, 5.41) is 0.575. The highest BCUT2D eigenvalue weighted by molar-refractivity contribution is 7.22. The van der Waals surface area contributed by atoms with Crippen molar-refractivity contribution in [2.75, 3.05) is 5.73 Å². The standard InChI is InChI=1S/C9H10N4S/c1-5(10)12-6-2-3-7-8(4-6)14-9(11)13-7/h2-4H,1H3,(H2,10,12)(H2,11,13). The number of thiazole rings is 1. The van der Waals surface area contributed by atoms with Crippen LogP contribution in [0.15, 0.2) is 23.2 Å². The first kappa shape index (κ1) is 8.96. The van der Waals surface area contributed by atoms with Gasteiger partial charge in [0.05, 0.1) is 21.7 Å². The number of hydrogen-bond donors (Lipinski definition) is 2. The molecule has 14 heavy (non-hydrogen) atoms. The van der Waals surface area contributed by atoms with Crippen molar-refractivity contribution >= 4 is 38.2 Å². The maximum absolute atomic E-state index is 5.59. The quantitative estimate of drug-likeness (QED) is 0.552. The van der Waals surface area contributed by atoms with E-state index in [2.05, 4.69) is 9.98 Å². The number of benzene rings is 1. The van der Waals surface area contributed by atoms with Gasteiger partial charge >= 0.3 is 0 Å². The molecule has 0 atom stereocenters. The van der Waals surface area contributed by atoms with E-state index in [9.17, 15) is 0 Å². The predicted octanol–water partition coefficient (Wildman–Crippen LogP) is 1.89. The van der Waals surface area contributed by atoms with Crippen molar-refractivity contribution in [2.24, 2.45) is 10.7 Å². The van der Waals surface area contributed by atoms with E-state index in [1.807, 2.05) is 18.2 Å². The molecule has 0 saturated carbocycles. The number of amidine groups is 1. The zero-order valence-corrected chi connectivity index (χ0v) is 8.51. The second-order valence-corrected chi connectivity index (χ2v) is 4.02. The fourth-order valence-corrected chi connectivity index (χ4v) is 1.97. The fourth-order valence-electron chi connectivity index (χ4n) is 1.20. The van der Waals surface area contributed by atoms with Crippen molar-refractivity contribution in [2.45, 2.75) is 6.92 Å². The lowest BCUT2D eigenvalue weighted by atomic mass is 10.3. The maximum Gasteiger partial charge on any atom is 0.181 e. The highest BCUT2D eigenvalue weighted by Gasteiger charge is 2.01. The molecular weight excluding hydrogens is 196 g/mol. The van der Waals surface area contributed by atoms with Crippen molar-refractivity contribution in [3.63, 3.8) is 0 Å². The summed E-state index contributed by atoms with van der Waals surface area (Å²) < 4.78 is 1.03. The molecule has 0 amide bonds. The van der Waals surface area contributed by atoms with Gasteiger partial charge in [0.1, 0.15) is 0 Å². The number of nitrogens with two attached hydrogens (primary N) is 2. The van der Waals surface area contributed by atoms with Crippen LogP contribution in [0.3, 0.4) is 0 Å². The Balaban J connectivity index is 2.56. The number of aromatic nitrogens is 1. The minimum absolute atomic E-state index is 0.543. The Morgan fingerprint density at radius 3 is 3.00 bits per heavy atom. The van der Waals surface area contributed by atoms with E-state index in [1.165, 1.54) is 11.3 Å². The Labute approximate surface area is 85.3 Å². The second kappa shape index (κ2) is 3.26. The molecule has 2 aromatic rings. The van der Waals surface area contributed by atoms with Crippen LogP contribution in [0.5, 0.6) is 0 Å². The highest BCUT2D eigenvalue weighted by atomic mass is 32.1. The molecule has 5 heteroatoms. The lowest BCUT2D eigenvalue weighted by Crippen LogP contribution is -2.03. The van der Waals surface area contributed by atoms with Gasteiger partial charge in [0, 0.05) is 0 Å². The van der Waals surface area contributed by atoms with Crippen LogP contribution < -0.4 is 11.5 Å². The third kappa shape index (κ3) is 1.67. The van der Waals surface area contributed by atoms with Crippen molar-refractivity contribution < 1.29 is 0 Å². The van der Waals surface area contributed by atoms with Crippen molar-refractivity contribution in [3.8, 4) is 0 Å². The average molecular weight is 206 g/mol. The molecule has 0 bridgehead atoms. The second-order valence-electron chi connectivity index (χ2n) is 2.96. The lowest BCUT2D eigenvalue weighted by Gasteiger charge is -1.93. The number of hydrogen-bond acceptors (Lipinski definition) is 4. The van der Waals surface area contributed by atoms with Gasteiger partial charge in [-0.2, -0.15) is 0 Å². The Hall–Kier alpha value is -1.62. The molecule has 0 saturated heterocycles. The van der Waals surface area contributed by atoms with Crippen molar-refractivity contribution in [3.05, 3.63) is 18.2 Å². The summed E-state index contributed by atoms with van der Waals surface area (Å²) in [6.07, 6.45) is 0. The SMILES string of the molecule is CC(N)=Nc1ccc2nc(N)sc2c1. The van der Waals surface area contributed by atoms with Crippen molar-refractivity contribution in [1.29, 1.82) is 0 Å². The molecule has 0 aliphatic heterocycles. The minimum Gasteiger partial charge on any atom is -0.387 e. The summed E-state index contributed by atoms with van der Waals surface area (Å²) in [6, 6.07) is 5.70. The van der Waals surface area contributed by atoms with Crippen LogP contribution in [0.2, 0.25) is 0 Å². The molecule has 1 aromatic carbocycles. The normalized spacial score (nSPS) is 12.2. The summed E-state index contributed by atoms with van der Waals surface area (Å²) >= 11 is 1.45. The summed E-state index contributed by atoms with van der Waals surface area (Å²) in [5.74, 6) is 0.543. The molecule has 4 N–H and O–H groups in total. The minimum atomic E-state index is 0.543. The predicted molar refractivity (Wildman–Crippen MR) is 61.0 cm³/mol. The topological polar surface area (TPSA) is 77.3 Å². The van der Waals surface area contributed by atoms with Crippen molar-refractivity contribution in [1.82, 2.24) is 4.98 Å². The molecule has 0 radical (unpaired) electrons. The molecule has 4 nitrogen and oxygen atoms in total.